The second-order valence-corrected chi connectivity index (χ2v) is 5.43. The lowest BCUT2D eigenvalue weighted by Gasteiger charge is -2.21. The van der Waals surface area contributed by atoms with Gasteiger partial charge in [0.2, 0.25) is 0 Å². The first kappa shape index (κ1) is 14.7. The first-order valence-corrected chi connectivity index (χ1v) is 7.38. The van der Waals surface area contributed by atoms with Gasteiger partial charge >= 0.3 is 0 Å². The van der Waals surface area contributed by atoms with E-state index in [1.54, 1.807) is 7.11 Å². The van der Waals surface area contributed by atoms with Crippen LogP contribution in [0.2, 0.25) is 0 Å². The van der Waals surface area contributed by atoms with Gasteiger partial charge in [-0.15, -0.1) is 0 Å². The summed E-state index contributed by atoms with van der Waals surface area (Å²) in [5.74, 6) is 1.55. The Hall–Kier alpha value is -1.71. The summed E-state index contributed by atoms with van der Waals surface area (Å²) < 4.78 is 5.29. The van der Waals surface area contributed by atoms with Gasteiger partial charge in [-0.25, -0.2) is 4.99 Å². The average molecular weight is 275 g/mol. The van der Waals surface area contributed by atoms with Gasteiger partial charge in [-0.2, -0.15) is 0 Å². The highest BCUT2D eigenvalue weighted by Crippen LogP contribution is 2.17. The number of guanidine groups is 1. The van der Waals surface area contributed by atoms with Gasteiger partial charge < -0.3 is 15.4 Å². The molecule has 1 aromatic carbocycles. The fourth-order valence-corrected chi connectivity index (χ4v) is 2.61. The summed E-state index contributed by atoms with van der Waals surface area (Å²) in [4.78, 5) is 6.75. The number of nitrogens with two attached hydrogens (primary N) is 1. The van der Waals surface area contributed by atoms with Gasteiger partial charge in [-0.05, 0) is 43.0 Å². The molecule has 2 rings (SSSR count). The molecule has 0 atom stereocenters. The Morgan fingerprint density at radius 3 is 2.55 bits per heavy atom. The third-order valence-corrected chi connectivity index (χ3v) is 3.70. The fourth-order valence-electron chi connectivity index (χ4n) is 2.61. The molecule has 4 heteroatoms. The Bertz CT molecular complexity index is 463. The number of hydrogen-bond acceptors (Lipinski definition) is 2. The first-order chi connectivity index (χ1) is 9.69. The minimum atomic E-state index is 0.611. The summed E-state index contributed by atoms with van der Waals surface area (Å²) in [6, 6.07) is 6.17. The number of benzene rings is 1. The molecule has 0 spiro atoms. The van der Waals surface area contributed by atoms with Crippen molar-refractivity contribution in [2.75, 3.05) is 20.2 Å². The van der Waals surface area contributed by atoms with Gasteiger partial charge in [0.1, 0.15) is 5.75 Å². The number of nitrogens with zero attached hydrogens (tertiary/aromatic N) is 2. The molecular weight excluding hydrogens is 250 g/mol. The summed E-state index contributed by atoms with van der Waals surface area (Å²) in [5, 5.41) is 0. The third kappa shape index (κ3) is 4.15. The lowest BCUT2D eigenvalue weighted by molar-refractivity contribution is 0.414. The number of methoxy groups -OCH3 is 1. The SMILES string of the molecule is COc1cc(C)cc(CN=C(N)N2CCCCCC2)c1. The van der Waals surface area contributed by atoms with E-state index in [2.05, 4.69) is 22.9 Å². The molecule has 20 heavy (non-hydrogen) atoms. The van der Waals surface area contributed by atoms with Gasteiger partial charge in [0.25, 0.3) is 0 Å². The van der Waals surface area contributed by atoms with Crippen LogP contribution in [-0.4, -0.2) is 31.1 Å². The molecule has 0 radical (unpaired) electrons. The van der Waals surface area contributed by atoms with E-state index < -0.39 is 0 Å². The third-order valence-electron chi connectivity index (χ3n) is 3.70. The maximum Gasteiger partial charge on any atom is 0.191 e. The van der Waals surface area contributed by atoms with Crippen molar-refractivity contribution in [2.45, 2.75) is 39.2 Å². The van der Waals surface area contributed by atoms with Crippen molar-refractivity contribution in [1.29, 1.82) is 0 Å². The van der Waals surface area contributed by atoms with Crippen molar-refractivity contribution in [3.05, 3.63) is 29.3 Å². The van der Waals surface area contributed by atoms with Gasteiger partial charge in [0.15, 0.2) is 5.96 Å². The maximum absolute atomic E-state index is 6.12. The van der Waals surface area contributed by atoms with Crippen molar-refractivity contribution < 1.29 is 4.74 Å². The van der Waals surface area contributed by atoms with E-state index in [0.29, 0.717) is 12.5 Å². The predicted molar refractivity (Wildman–Crippen MR) is 83.1 cm³/mol. The van der Waals surface area contributed by atoms with Gasteiger partial charge in [-0.1, -0.05) is 18.9 Å². The van der Waals surface area contributed by atoms with E-state index in [-0.39, 0.29) is 0 Å². The predicted octanol–water partition coefficient (Wildman–Crippen LogP) is 2.69. The molecule has 4 nitrogen and oxygen atoms in total. The minimum absolute atomic E-state index is 0.611. The Labute approximate surface area is 121 Å². The second-order valence-electron chi connectivity index (χ2n) is 5.43. The van der Waals surface area contributed by atoms with Crippen LogP contribution < -0.4 is 10.5 Å². The Morgan fingerprint density at radius 1 is 1.20 bits per heavy atom. The smallest absolute Gasteiger partial charge is 0.191 e. The zero-order chi connectivity index (χ0) is 14.4. The largest absolute Gasteiger partial charge is 0.497 e. The highest BCUT2D eigenvalue weighted by Gasteiger charge is 2.10. The van der Waals surface area contributed by atoms with Gasteiger partial charge in [-0.3, -0.25) is 0 Å². The van der Waals surface area contributed by atoms with Crippen LogP contribution >= 0.6 is 0 Å². The summed E-state index contributed by atoms with van der Waals surface area (Å²) in [6.45, 7) is 4.74. The molecule has 0 saturated carbocycles. The Balaban J connectivity index is 2.01. The average Bonchev–Trinajstić information content (AvgIpc) is 2.73. The zero-order valence-corrected chi connectivity index (χ0v) is 12.6. The summed E-state index contributed by atoms with van der Waals surface area (Å²) in [5.41, 5.74) is 8.44. The van der Waals surface area contributed by atoms with Crippen LogP contribution in [0.25, 0.3) is 0 Å². The number of hydrogen-bond donors (Lipinski definition) is 1. The van der Waals surface area contributed by atoms with Crippen LogP contribution in [0.4, 0.5) is 0 Å². The topological polar surface area (TPSA) is 50.9 Å². The van der Waals surface area contributed by atoms with E-state index in [1.165, 1.54) is 31.2 Å². The van der Waals surface area contributed by atoms with Crippen LogP contribution in [0.3, 0.4) is 0 Å². The number of aryl methyl sites for hydroxylation is 1. The van der Waals surface area contributed by atoms with Crippen molar-refractivity contribution in [2.24, 2.45) is 10.7 Å². The highest BCUT2D eigenvalue weighted by atomic mass is 16.5. The standard InChI is InChI=1S/C16H25N3O/c1-13-9-14(11-15(10-13)20-2)12-18-16(17)19-7-5-3-4-6-8-19/h9-11H,3-8,12H2,1-2H3,(H2,17,18). The molecule has 2 N–H and O–H groups in total. The zero-order valence-electron chi connectivity index (χ0n) is 12.6. The number of rotatable bonds is 3. The van der Waals surface area contributed by atoms with E-state index in [9.17, 15) is 0 Å². The fraction of sp³-hybridized carbons (Fsp3) is 0.562. The molecule has 1 fully saturated rings. The van der Waals surface area contributed by atoms with Crippen molar-refractivity contribution >= 4 is 5.96 Å². The van der Waals surface area contributed by atoms with Gasteiger partial charge in [0.05, 0.1) is 13.7 Å². The molecule has 1 aliphatic rings. The molecule has 1 aliphatic heterocycles. The monoisotopic (exact) mass is 275 g/mol. The van der Waals surface area contributed by atoms with Crippen molar-refractivity contribution in [3.8, 4) is 5.75 Å². The normalized spacial score (nSPS) is 16.9. The molecule has 110 valence electrons. The maximum atomic E-state index is 6.12. The van der Waals surface area contributed by atoms with E-state index in [0.717, 1.165) is 24.4 Å². The second kappa shape index (κ2) is 7.17. The lowest BCUT2D eigenvalue weighted by atomic mass is 10.1. The minimum Gasteiger partial charge on any atom is -0.497 e. The molecule has 1 aromatic rings. The molecule has 0 bridgehead atoms. The Kier molecular flexibility index (Phi) is 5.27. The van der Waals surface area contributed by atoms with Crippen molar-refractivity contribution in [3.63, 3.8) is 0 Å². The summed E-state index contributed by atoms with van der Waals surface area (Å²) in [6.07, 6.45) is 5.04. The molecule has 0 unspecified atom stereocenters. The van der Waals surface area contributed by atoms with Crippen LogP contribution in [0, 0.1) is 6.92 Å². The molecule has 0 aliphatic carbocycles. The van der Waals surface area contributed by atoms with Crippen molar-refractivity contribution in [1.82, 2.24) is 4.90 Å². The van der Waals surface area contributed by atoms with Crippen LogP contribution in [0.5, 0.6) is 5.75 Å². The number of aliphatic imine (C=N–C) groups is 1. The highest BCUT2D eigenvalue weighted by molar-refractivity contribution is 5.78. The van der Waals surface area contributed by atoms with Crippen LogP contribution in [0.1, 0.15) is 36.8 Å². The van der Waals surface area contributed by atoms with Crippen LogP contribution in [-0.2, 0) is 6.54 Å². The molecule has 0 amide bonds. The van der Waals surface area contributed by atoms with Crippen LogP contribution in [0.15, 0.2) is 23.2 Å². The lowest BCUT2D eigenvalue weighted by Crippen LogP contribution is -2.38. The Morgan fingerprint density at radius 2 is 1.90 bits per heavy atom. The van der Waals surface area contributed by atoms with E-state index in [1.807, 2.05) is 12.1 Å². The molecular formula is C16H25N3O. The molecule has 1 saturated heterocycles. The van der Waals surface area contributed by atoms with E-state index in [4.69, 9.17) is 10.5 Å². The summed E-state index contributed by atoms with van der Waals surface area (Å²) >= 11 is 0. The number of ether oxygens (including phenoxy) is 1. The first-order valence-electron chi connectivity index (χ1n) is 7.38. The van der Waals surface area contributed by atoms with Gasteiger partial charge in [0, 0.05) is 13.1 Å². The van der Waals surface area contributed by atoms with E-state index >= 15 is 0 Å². The molecule has 0 aromatic heterocycles. The quantitative estimate of drug-likeness (QED) is 0.681. The molecule has 1 heterocycles. The summed E-state index contributed by atoms with van der Waals surface area (Å²) in [7, 11) is 1.69. The number of likely N-dealkylation sites (tertiary alicyclic amines) is 1.